The minimum absolute atomic E-state index is 0.199. The van der Waals surface area contributed by atoms with Crippen LogP contribution in [0.2, 0.25) is 0 Å². The van der Waals surface area contributed by atoms with Crippen molar-refractivity contribution in [3.8, 4) is 0 Å². The van der Waals surface area contributed by atoms with Crippen LogP contribution >= 0.6 is 0 Å². The first-order chi connectivity index (χ1) is 5.79. The lowest BCUT2D eigenvalue weighted by molar-refractivity contribution is -0.125. The van der Waals surface area contributed by atoms with Crippen molar-refractivity contribution in [3.05, 3.63) is 11.8 Å². The van der Waals surface area contributed by atoms with Crippen LogP contribution in [0.1, 0.15) is 37.5 Å². The molecule has 0 bridgehead atoms. The number of rotatable bonds is 2. The van der Waals surface area contributed by atoms with E-state index in [0.29, 0.717) is 24.6 Å². The Balaban J connectivity index is 2.08. The van der Waals surface area contributed by atoms with Crippen LogP contribution in [0.25, 0.3) is 0 Å². The van der Waals surface area contributed by atoms with Gasteiger partial charge in [-0.15, -0.1) is 10.2 Å². The van der Waals surface area contributed by atoms with E-state index in [4.69, 9.17) is 4.42 Å². The average Bonchev–Trinajstić information content (AvgIpc) is 2.46. The molecule has 0 aliphatic heterocycles. The molecule has 0 atom stereocenters. The lowest BCUT2D eigenvalue weighted by Gasteiger charge is -2.19. The lowest BCUT2D eigenvalue weighted by Crippen LogP contribution is -2.21. The van der Waals surface area contributed by atoms with Crippen LogP contribution in [-0.2, 0) is 11.2 Å². The third kappa shape index (κ3) is 1.13. The summed E-state index contributed by atoms with van der Waals surface area (Å²) in [5.74, 6) is 1.78. The van der Waals surface area contributed by atoms with E-state index in [9.17, 15) is 4.79 Å². The molecule has 2 rings (SSSR count). The maximum atomic E-state index is 10.7. The SMILES string of the molecule is CCc1nnc(C2CC(=O)C2)o1. The lowest BCUT2D eigenvalue weighted by atomic mass is 9.84. The van der Waals surface area contributed by atoms with Crippen LogP contribution in [0, 0.1) is 0 Å². The second-order valence-corrected chi connectivity index (χ2v) is 3.03. The van der Waals surface area contributed by atoms with Gasteiger partial charge in [-0.25, -0.2) is 0 Å². The van der Waals surface area contributed by atoms with Crippen LogP contribution in [0.15, 0.2) is 4.42 Å². The number of aromatic nitrogens is 2. The van der Waals surface area contributed by atoms with Crippen LogP contribution in [0.5, 0.6) is 0 Å². The van der Waals surface area contributed by atoms with Crippen LogP contribution < -0.4 is 0 Å². The van der Waals surface area contributed by atoms with Crippen LogP contribution in [-0.4, -0.2) is 16.0 Å². The Hall–Kier alpha value is -1.19. The topological polar surface area (TPSA) is 56.0 Å². The molecule has 1 aliphatic carbocycles. The molecular formula is C8H10N2O2. The number of Topliss-reactive ketones (excluding diaryl/α,β-unsaturated/α-hetero) is 1. The Morgan fingerprint density at radius 3 is 2.75 bits per heavy atom. The van der Waals surface area contributed by atoms with E-state index in [-0.39, 0.29) is 11.7 Å². The molecule has 0 aromatic carbocycles. The summed E-state index contributed by atoms with van der Waals surface area (Å²) in [4.78, 5) is 10.7. The normalized spacial score (nSPS) is 17.9. The molecule has 0 N–H and O–H groups in total. The quantitative estimate of drug-likeness (QED) is 0.659. The second-order valence-electron chi connectivity index (χ2n) is 3.03. The molecule has 1 aliphatic rings. The van der Waals surface area contributed by atoms with Crippen molar-refractivity contribution in [1.29, 1.82) is 0 Å². The molecule has 0 radical (unpaired) electrons. The first-order valence-electron chi connectivity index (χ1n) is 4.13. The van der Waals surface area contributed by atoms with E-state index < -0.39 is 0 Å². The predicted octanol–water partition coefficient (Wildman–Crippen LogP) is 1.08. The molecule has 1 saturated carbocycles. The second kappa shape index (κ2) is 2.69. The molecule has 0 amide bonds. The molecule has 1 fully saturated rings. The van der Waals surface area contributed by atoms with E-state index in [1.54, 1.807) is 0 Å². The molecule has 1 aromatic rings. The number of hydrogen-bond acceptors (Lipinski definition) is 4. The Kier molecular flexibility index (Phi) is 1.67. The highest BCUT2D eigenvalue weighted by molar-refractivity contribution is 5.85. The van der Waals surface area contributed by atoms with Gasteiger partial charge < -0.3 is 4.42 Å². The zero-order chi connectivity index (χ0) is 8.55. The van der Waals surface area contributed by atoms with Gasteiger partial charge in [-0.3, -0.25) is 4.79 Å². The zero-order valence-corrected chi connectivity index (χ0v) is 6.91. The smallest absolute Gasteiger partial charge is 0.220 e. The summed E-state index contributed by atoms with van der Waals surface area (Å²) in [5, 5.41) is 7.71. The van der Waals surface area contributed by atoms with Gasteiger partial charge in [-0.2, -0.15) is 0 Å². The third-order valence-corrected chi connectivity index (χ3v) is 2.08. The molecule has 0 spiro atoms. The van der Waals surface area contributed by atoms with E-state index in [1.807, 2.05) is 6.92 Å². The van der Waals surface area contributed by atoms with Gasteiger partial charge in [0.1, 0.15) is 5.78 Å². The highest BCUT2D eigenvalue weighted by Crippen LogP contribution is 2.32. The summed E-state index contributed by atoms with van der Waals surface area (Å²) >= 11 is 0. The number of nitrogens with zero attached hydrogens (tertiary/aromatic N) is 2. The fraction of sp³-hybridized carbons (Fsp3) is 0.625. The van der Waals surface area contributed by atoms with Crippen LogP contribution in [0.4, 0.5) is 0 Å². The first-order valence-corrected chi connectivity index (χ1v) is 4.13. The van der Waals surface area contributed by atoms with Gasteiger partial charge in [0.05, 0.1) is 5.92 Å². The number of hydrogen-bond donors (Lipinski definition) is 0. The largest absolute Gasteiger partial charge is 0.425 e. The highest BCUT2D eigenvalue weighted by Gasteiger charge is 2.32. The molecule has 12 heavy (non-hydrogen) atoms. The maximum Gasteiger partial charge on any atom is 0.220 e. The predicted molar refractivity (Wildman–Crippen MR) is 40.7 cm³/mol. The summed E-state index contributed by atoms with van der Waals surface area (Å²) < 4.78 is 5.31. The van der Waals surface area contributed by atoms with E-state index in [1.165, 1.54) is 0 Å². The van der Waals surface area contributed by atoms with Crippen molar-refractivity contribution in [2.45, 2.75) is 32.1 Å². The van der Waals surface area contributed by atoms with Crippen molar-refractivity contribution in [2.24, 2.45) is 0 Å². The van der Waals surface area contributed by atoms with Crippen molar-refractivity contribution >= 4 is 5.78 Å². The third-order valence-electron chi connectivity index (χ3n) is 2.08. The summed E-state index contributed by atoms with van der Waals surface area (Å²) in [7, 11) is 0. The Bertz CT molecular complexity index is 298. The van der Waals surface area contributed by atoms with Gasteiger partial charge in [0.2, 0.25) is 11.8 Å². The van der Waals surface area contributed by atoms with Crippen molar-refractivity contribution in [1.82, 2.24) is 10.2 Å². The molecule has 4 nitrogen and oxygen atoms in total. The van der Waals surface area contributed by atoms with Gasteiger partial charge in [0, 0.05) is 19.3 Å². The van der Waals surface area contributed by atoms with Gasteiger partial charge in [-0.1, -0.05) is 6.92 Å². The average molecular weight is 166 g/mol. The van der Waals surface area contributed by atoms with E-state index in [0.717, 1.165) is 6.42 Å². The molecule has 0 unspecified atom stereocenters. The Morgan fingerprint density at radius 1 is 1.50 bits per heavy atom. The van der Waals surface area contributed by atoms with Gasteiger partial charge in [0.25, 0.3) is 0 Å². The molecule has 1 aromatic heterocycles. The number of ketones is 1. The van der Waals surface area contributed by atoms with E-state index >= 15 is 0 Å². The van der Waals surface area contributed by atoms with Crippen molar-refractivity contribution in [3.63, 3.8) is 0 Å². The monoisotopic (exact) mass is 166 g/mol. The van der Waals surface area contributed by atoms with E-state index in [2.05, 4.69) is 10.2 Å². The van der Waals surface area contributed by atoms with Crippen LogP contribution in [0.3, 0.4) is 0 Å². The summed E-state index contributed by atoms with van der Waals surface area (Å²) in [6, 6.07) is 0. The highest BCUT2D eigenvalue weighted by atomic mass is 16.4. The molecule has 0 saturated heterocycles. The Morgan fingerprint density at radius 2 is 2.25 bits per heavy atom. The first kappa shape index (κ1) is 7.46. The number of carbonyl (C=O) groups is 1. The zero-order valence-electron chi connectivity index (χ0n) is 6.91. The molecule has 4 heteroatoms. The van der Waals surface area contributed by atoms with Crippen molar-refractivity contribution < 1.29 is 9.21 Å². The number of carbonyl (C=O) groups excluding carboxylic acids is 1. The summed E-state index contributed by atoms with van der Waals surface area (Å²) in [6.07, 6.45) is 1.91. The summed E-state index contributed by atoms with van der Waals surface area (Å²) in [5.41, 5.74) is 0. The molecular weight excluding hydrogens is 156 g/mol. The van der Waals surface area contributed by atoms with Gasteiger partial charge in [0.15, 0.2) is 0 Å². The fourth-order valence-corrected chi connectivity index (χ4v) is 1.24. The minimum Gasteiger partial charge on any atom is -0.425 e. The fourth-order valence-electron chi connectivity index (χ4n) is 1.24. The standard InChI is InChI=1S/C8H10N2O2/c1-2-7-9-10-8(12-7)5-3-6(11)4-5/h5H,2-4H2,1H3. The molecule has 64 valence electrons. The Labute approximate surface area is 70.0 Å². The number of aryl methyl sites for hydroxylation is 1. The van der Waals surface area contributed by atoms with Gasteiger partial charge in [-0.05, 0) is 0 Å². The maximum absolute atomic E-state index is 10.7. The van der Waals surface area contributed by atoms with Crippen molar-refractivity contribution in [2.75, 3.05) is 0 Å². The minimum atomic E-state index is 0.199. The molecule has 1 heterocycles. The summed E-state index contributed by atoms with van der Waals surface area (Å²) in [6.45, 7) is 1.96. The van der Waals surface area contributed by atoms with Gasteiger partial charge >= 0.3 is 0 Å².